The fourth-order valence-corrected chi connectivity index (χ4v) is 2.75. The van der Waals surface area contributed by atoms with Crippen molar-refractivity contribution < 1.29 is 14.3 Å². The number of hydrogen-bond donors (Lipinski definition) is 1. The minimum atomic E-state index is -0.623. The third-order valence-electron chi connectivity index (χ3n) is 3.35. The molecule has 124 valence electrons. The average molecular weight is 342 g/mol. The van der Waals surface area contributed by atoms with Gasteiger partial charge in [-0.25, -0.2) is 0 Å². The van der Waals surface area contributed by atoms with Gasteiger partial charge in [0.05, 0.1) is 6.10 Å². The van der Waals surface area contributed by atoms with Crippen LogP contribution in [0.5, 0.6) is 5.75 Å². The highest BCUT2D eigenvalue weighted by atomic mass is 32.2. The van der Waals surface area contributed by atoms with Crippen molar-refractivity contribution in [1.82, 2.24) is 10.2 Å². The summed E-state index contributed by atoms with van der Waals surface area (Å²) in [5.74, 6) is 1.68. The SMILES string of the molecule is Cc1ccccc1OC[C@@H](O)CSc1nnc(-c2ccccc2)o1. The molecule has 0 amide bonds. The number of benzene rings is 2. The van der Waals surface area contributed by atoms with Gasteiger partial charge in [0.1, 0.15) is 12.4 Å². The van der Waals surface area contributed by atoms with E-state index in [9.17, 15) is 5.11 Å². The Kier molecular flexibility index (Phi) is 5.51. The minimum Gasteiger partial charge on any atom is -0.491 e. The first kappa shape index (κ1) is 16.5. The first-order valence-electron chi connectivity index (χ1n) is 7.60. The number of nitrogens with zero attached hydrogens (tertiary/aromatic N) is 2. The first-order chi connectivity index (χ1) is 11.7. The Morgan fingerprint density at radius 2 is 1.83 bits per heavy atom. The second-order valence-electron chi connectivity index (χ2n) is 5.28. The monoisotopic (exact) mass is 342 g/mol. The highest BCUT2D eigenvalue weighted by Gasteiger charge is 2.12. The average Bonchev–Trinajstić information content (AvgIpc) is 3.09. The zero-order valence-electron chi connectivity index (χ0n) is 13.3. The van der Waals surface area contributed by atoms with Crippen LogP contribution in [-0.4, -0.2) is 33.8 Å². The molecule has 0 bridgehead atoms. The van der Waals surface area contributed by atoms with E-state index in [2.05, 4.69) is 10.2 Å². The Morgan fingerprint density at radius 1 is 1.08 bits per heavy atom. The van der Waals surface area contributed by atoms with Crippen molar-refractivity contribution in [3.05, 3.63) is 60.2 Å². The van der Waals surface area contributed by atoms with E-state index in [0.29, 0.717) is 16.9 Å². The summed E-state index contributed by atoms with van der Waals surface area (Å²) in [4.78, 5) is 0. The molecule has 1 aromatic heterocycles. The van der Waals surface area contributed by atoms with E-state index in [1.54, 1.807) is 0 Å². The standard InChI is InChI=1S/C18H18N2O3S/c1-13-7-5-6-10-16(13)22-11-15(21)12-24-18-20-19-17(23-18)14-8-3-2-4-9-14/h2-10,15,21H,11-12H2,1H3/t15-/m1/s1. The molecule has 2 aromatic carbocycles. The molecule has 0 radical (unpaired) electrons. The van der Waals surface area contributed by atoms with E-state index < -0.39 is 6.10 Å². The molecule has 0 unspecified atom stereocenters. The Balaban J connectivity index is 1.49. The third-order valence-corrected chi connectivity index (χ3v) is 4.31. The summed E-state index contributed by atoms with van der Waals surface area (Å²) in [5.41, 5.74) is 1.92. The van der Waals surface area contributed by atoms with Gasteiger partial charge in [-0.2, -0.15) is 0 Å². The zero-order valence-corrected chi connectivity index (χ0v) is 14.1. The lowest BCUT2D eigenvalue weighted by atomic mass is 10.2. The van der Waals surface area contributed by atoms with Gasteiger partial charge in [0, 0.05) is 11.3 Å². The van der Waals surface area contributed by atoms with Gasteiger partial charge in [0.2, 0.25) is 5.89 Å². The van der Waals surface area contributed by atoms with Crippen LogP contribution in [-0.2, 0) is 0 Å². The van der Waals surface area contributed by atoms with Crippen molar-refractivity contribution in [2.24, 2.45) is 0 Å². The summed E-state index contributed by atoms with van der Waals surface area (Å²) >= 11 is 1.31. The molecule has 24 heavy (non-hydrogen) atoms. The summed E-state index contributed by atoms with van der Waals surface area (Å²) in [6.07, 6.45) is -0.623. The van der Waals surface area contributed by atoms with Crippen molar-refractivity contribution in [3.63, 3.8) is 0 Å². The maximum Gasteiger partial charge on any atom is 0.276 e. The Hall–Kier alpha value is -2.31. The predicted octanol–water partition coefficient (Wildman–Crippen LogP) is 3.58. The lowest BCUT2D eigenvalue weighted by Crippen LogP contribution is -2.20. The number of para-hydroxylation sites is 1. The number of rotatable bonds is 7. The van der Waals surface area contributed by atoms with E-state index in [1.165, 1.54) is 11.8 Å². The maximum absolute atomic E-state index is 10.1. The number of aliphatic hydroxyl groups excluding tert-OH is 1. The van der Waals surface area contributed by atoms with Crippen LogP contribution in [0.2, 0.25) is 0 Å². The lowest BCUT2D eigenvalue weighted by Gasteiger charge is -2.12. The number of aliphatic hydroxyl groups is 1. The van der Waals surface area contributed by atoms with Crippen molar-refractivity contribution in [3.8, 4) is 17.2 Å². The quantitative estimate of drug-likeness (QED) is 0.662. The van der Waals surface area contributed by atoms with E-state index in [-0.39, 0.29) is 6.61 Å². The Labute approximate surface area is 144 Å². The number of aryl methyl sites for hydroxylation is 1. The topological polar surface area (TPSA) is 68.4 Å². The fraction of sp³-hybridized carbons (Fsp3) is 0.222. The molecule has 0 spiro atoms. The van der Waals surface area contributed by atoms with Crippen molar-refractivity contribution in [2.75, 3.05) is 12.4 Å². The number of aromatic nitrogens is 2. The molecular formula is C18H18N2O3S. The van der Waals surface area contributed by atoms with Crippen LogP contribution in [0.1, 0.15) is 5.56 Å². The molecule has 0 saturated carbocycles. The highest BCUT2D eigenvalue weighted by Crippen LogP contribution is 2.23. The van der Waals surface area contributed by atoms with Gasteiger partial charge in [0.15, 0.2) is 0 Å². The lowest BCUT2D eigenvalue weighted by molar-refractivity contribution is 0.126. The molecule has 0 aliphatic rings. The molecule has 0 aliphatic carbocycles. The second kappa shape index (κ2) is 7.99. The van der Waals surface area contributed by atoms with Crippen molar-refractivity contribution in [1.29, 1.82) is 0 Å². The van der Waals surface area contributed by atoms with Crippen LogP contribution in [0.25, 0.3) is 11.5 Å². The second-order valence-corrected chi connectivity index (χ2v) is 6.25. The fourth-order valence-electron chi connectivity index (χ4n) is 2.09. The van der Waals surface area contributed by atoms with E-state index in [4.69, 9.17) is 9.15 Å². The molecule has 0 fully saturated rings. The summed E-state index contributed by atoms with van der Waals surface area (Å²) in [6, 6.07) is 17.3. The zero-order chi connectivity index (χ0) is 16.8. The number of ether oxygens (including phenoxy) is 1. The van der Waals surface area contributed by atoms with Gasteiger partial charge in [-0.15, -0.1) is 10.2 Å². The molecule has 5 nitrogen and oxygen atoms in total. The van der Waals surface area contributed by atoms with Crippen molar-refractivity contribution >= 4 is 11.8 Å². The van der Waals surface area contributed by atoms with E-state index >= 15 is 0 Å². The van der Waals surface area contributed by atoms with Crippen LogP contribution in [0.3, 0.4) is 0 Å². The van der Waals surface area contributed by atoms with Gasteiger partial charge in [-0.1, -0.05) is 48.2 Å². The summed E-state index contributed by atoms with van der Waals surface area (Å²) < 4.78 is 11.2. The van der Waals surface area contributed by atoms with Crippen LogP contribution in [0.4, 0.5) is 0 Å². The van der Waals surface area contributed by atoms with Crippen molar-refractivity contribution in [2.45, 2.75) is 18.3 Å². The van der Waals surface area contributed by atoms with E-state index in [1.807, 2.05) is 61.5 Å². The van der Waals surface area contributed by atoms with Crippen LogP contribution < -0.4 is 4.74 Å². The maximum atomic E-state index is 10.1. The normalized spacial score (nSPS) is 12.1. The molecule has 1 heterocycles. The molecular weight excluding hydrogens is 324 g/mol. The molecule has 1 N–H and O–H groups in total. The van der Waals surface area contributed by atoms with Crippen LogP contribution in [0.15, 0.2) is 64.2 Å². The van der Waals surface area contributed by atoms with Crippen LogP contribution >= 0.6 is 11.8 Å². The summed E-state index contributed by atoms with van der Waals surface area (Å²) in [5, 5.41) is 18.5. The van der Waals surface area contributed by atoms with Crippen LogP contribution in [0, 0.1) is 6.92 Å². The smallest absolute Gasteiger partial charge is 0.276 e. The molecule has 0 aliphatic heterocycles. The first-order valence-corrected chi connectivity index (χ1v) is 8.59. The Morgan fingerprint density at radius 3 is 2.62 bits per heavy atom. The molecule has 6 heteroatoms. The van der Waals surface area contributed by atoms with E-state index in [0.717, 1.165) is 16.9 Å². The number of thioether (sulfide) groups is 1. The molecule has 3 aromatic rings. The largest absolute Gasteiger partial charge is 0.491 e. The summed E-state index contributed by atoms with van der Waals surface area (Å²) in [7, 11) is 0. The van der Waals surface area contributed by atoms with Gasteiger partial charge >= 0.3 is 0 Å². The third kappa shape index (κ3) is 4.37. The molecule has 1 atom stereocenters. The van der Waals surface area contributed by atoms with Gasteiger partial charge in [-0.05, 0) is 30.7 Å². The molecule has 0 saturated heterocycles. The predicted molar refractivity (Wildman–Crippen MR) is 93.1 cm³/mol. The number of hydrogen-bond acceptors (Lipinski definition) is 6. The van der Waals surface area contributed by atoms with Gasteiger partial charge in [-0.3, -0.25) is 0 Å². The summed E-state index contributed by atoms with van der Waals surface area (Å²) in [6.45, 7) is 2.19. The van der Waals surface area contributed by atoms with Gasteiger partial charge in [0.25, 0.3) is 5.22 Å². The van der Waals surface area contributed by atoms with Gasteiger partial charge < -0.3 is 14.3 Å². The Bertz CT molecular complexity index is 777. The highest BCUT2D eigenvalue weighted by molar-refractivity contribution is 7.99. The molecule has 3 rings (SSSR count). The minimum absolute atomic E-state index is 0.220.